The van der Waals surface area contributed by atoms with Crippen molar-refractivity contribution in [2.24, 2.45) is 0 Å². The number of ether oxygens (including phenoxy) is 2. The van der Waals surface area contributed by atoms with Gasteiger partial charge in [-0.25, -0.2) is 0 Å². The van der Waals surface area contributed by atoms with Gasteiger partial charge in [0.25, 0.3) is 6.71 Å². The molecule has 0 saturated heterocycles. The summed E-state index contributed by atoms with van der Waals surface area (Å²) in [5.41, 5.74) is 15.0. The van der Waals surface area contributed by atoms with Crippen LogP contribution in [-0.2, 0) is 0 Å². The molecule has 8 aromatic carbocycles. The fourth-order valence-corrected chi connectivity index (χ4v) is 9.57. The predicted molar refractivity (Wildman–Crippen MR) is 228 cm³/mol. The highest BCUT2D eigenvalue weighted by Gasteiger charge is 2.41. The van der Waals surface area contributed by atoms with Crippen LogP contribution in [0, 0.1) is 13.8 Å². The lowest BCUT2D eigenvalue weighted by molar-refractivity contribution is 0.465. The van der Waals surface area contributed by atoms with Crippen molar-refractivity contribution >= 4 is 66.7 Å². The molecular weight excluding hydrogens is 671 g/mol. The summed E-state index contributed by atoms with van der Waals surface area (Å²) < 4.78 is 18.7. The number of rotatable bonds is 3. The molecule has 0 bridgehead atoms. The van der Waals surface area contributed by atoms with Gasteiger partial charge in [0.2, 0.25) is 0 Å². The zero-order chi connectivity index (χ0) is 36.4. The molecule has 0 saturated carbocycles. The molecule has 0 radical (unpaired) electrons. The smallest absolute Gasteiger partial charge is 0.260 e. The lowest BCUT2D eigenvalue weighted by Crippen LogP contribution is -2.57. The molecule has 5 heteroatoms. The average Bonchev–Trinajstić information content (AvgIpc) is 3.73. The van der Waals surface area contributed by atoms with Crippen molar-refractivity contribution in [3.63, 3.8) is 0 Å². The summed E-state index contributed by atoms with van der Waals surface area (Å²) in [6.07, 6.45) is 0. The van der Waals surface area contributed by atoms with Crippen LogP contribution in [0.3, 0.4) is 0 Å². The van der Waals surface area contributed by atoms with Gasteiger partial charge in [0.05, 0.1) is 22.1 Å². The molecule has 10 aromatic rings. The number of para-hydroxylation sites is 4. The third-order valence-corrected chi connectivity index (χ3v) is 11.9. The van der Waals surface area contributed by atoms with Crippen LogP contribution < -0.4 is 25.9 Å². The van der Waals surface area contributed by atoms with Crippen molar-refractivity contribution < 1.29 is 9.47 Å². The van der Waals surface area contributed by atoms with Gasteiger partial charge in [-0.3, -0.25) is 0 Å². The maximum atomic E-state index is 6.95. The van der Waals surface area contributed by atoms with Gasteiger partial charge in [-0.15, -0.1) is 0 Å². The van der Waals surface area contributed by atoms with Gasteiger partial charge in [-0.2, -0.15) is 0 Å². The minimum absolute atomic E-state index is 0.120. The monoisotopic (exact) mass is 704 g/mol. The van der Waals surface area contributed by atoms with Crippen LogP contribution in [0.5, 0.6) is 23.0 Å². The predicted octanol–water partition coefficient (Wildman–Crippen LogP) is 10.9. The molecule has 0 atom stereocenters. The molecule has 2 aliphatic rings. The van der Waals surface area contributed by atoms with E-state index in [-0.39, 0.29) is 6.71 Å². The van der Waals surface area contributed by atoms with E-state index in [1.165, 1.54) is 60.3 Å². The molecule has 55 heavy (non-hydrogen) atoms. The Morgan fingerprint density at radius 1 is 0.400 bits per heavy atom. The first-order valence-electron chi connectivity index (χ1n) is 19.0. The summed E-state index contributed by atoms with van der Waals surface area (Å²) in [6, 6.07) is 59.1. The van der Waals surface area contributed by atoms with Crippen molar-refractivity contribution in [3.8, 4) is 45.5 Å². The second-order valence-corrected chi connectivity index (χ2v) is 15.0. The van der Waals surface area contributed by atoms with Gasteiger partial charge >= 0.3 is 0 Å². The molecule has 0 unspecified atom stereocenters. The number of fused-ring (bicyclic) bond motifs is 10. The summed E-state index contributed by atoms with van der Waals surface area (Å²) in [6.45, 7) is 4.23. The Kier molecular flexibility index (Phi) is 6.24. The van der Waals surface area contributed by atoms with E-state index in [1.807, 2.05) is 0 Å². The van der Waals surface area contributed by atoms with Gasteiger partial charge in [0, 0.05) is 38.4 Å². The molecule has 0 amide bonds. The quantitative estimate of drug-likeness (QED) is 0.171. The lowest BCUT2D eigenvalue weighted by Gasteiger charge is -2.34. The maximum absolute atomic E-state index is 6.95. The van der Waals surface area contributed by atoms with E-state index >= 15 is 0 Å². The standard InChI is InChI=1S/C50H33BN2O2/c1-30-12-11-13-31(2)49(30)32-26-47-50-48(27-32)55-46-25-23-34(53-43-20-9-5-16-37(43)38-17-6-10-21-44(38)53)29-40(46)51(50)39-28-33(22-24-45(39)54-47)52-41-18-7-3-14-35(41)36-15-4-8-19-42(36)52/h3-29H,1-2H3. The van der Waals surface area contributed by atoms with Crippen LogP contribution >= 0.6 is 0 Å². The maximum Gasteiger partial charge on any atom is 0.260 e. The average molecular weight is 705 g/mol. The van der Waals surface area contributed by atoms with Crippen molar-refractivity contribution in [1.29, 1.82) is 0 Å². The Hall–Kier alpha value is -6.98. The highest BCUT2D eigenvalue weighted by molar-refractivity contribution is 6.98. The number of hydrogen-bond acceptors (Lipinski definition) is 2. The Morgan fingerprint density at radius 3 is 1.22 bits per heavy atom. The van der Waals surface area contributed by atoms with Crippen LogP contribution in [0.1, 0.15) is 11.1 Å². The topological polar surface area (TPSA) is 28.3 Å². The summed E-state index contributed by atoms with van der Waals surface area (Å²) in [4.78, 5) is 0. The van der Waals surface area contributed by atoms with Crippen molar-refractivity contribution in [1.82, 2.24) is 9.13 Å². The molecule has 4 heterocycles. The minimum atomic E-state index is -0.120. The third-order valence-electron chi connectivity index (χ3n) is 11.9. The van der Waals surface area contributed by atoms with Gasteiger partial charge in [0.15, 0.2) is 0 Å². The fraction of sp³-hybridized carbons (Fsp3) is 0.0400. The van der Waals surface area contributed by atoms with Crippen LogP contribution in [0.4, 0.5) is 0 Å². The molecule has 2 aliphatic heterocycles. The van der Waals surface area contributed by atoms with E-state index in [2.05, 4.69) is 187 Å². The number of hydrogen-bond donors (Lipinski definition) is 0. The van der Waals surface area contributed by atoms with E-state index in [0.29, 0.717) is 0 Å². The molecule has 0 aliphatic carbocycles. The minimum Gasteiger partial charge on any atom is -0.458 e. The van der Waals surface area contributed by atoms with E-state index in [0.717, 1.165) is 56.3 Å². The highest BCUT2D eigenvalue weighted by atomic mass is 16.5. The van der Waals surface area contributed by atoms with Crippen LogP contribution in [0.2, 0.25) is 0 Å². The summed E-state index contributed by atoms with van der Waals surface area (Å²) in [7, 11) is 0. The molecule has 0 spiro atoms. The molecule has 258 valence electrons. The zero-order valence-corrected chi connectivity index (χ0v) is 30.4. The largest absolute Gasteiger partial charge is 0.458 e. The number of aryl methyl sites for hydroxylation is 2. The molecule has 12 rings (SSSR count). The molecule has 0 fully saturated rings. The van der Waals surface area contributed by atoms with E-state index in [1.54, 1.807) is 0 Å². The van der Waals surface area contributed by atoms with Crippen molar-refractivity contribution in [2.75, 3.05) is 0 Å². The molecule has 4 nitrogen and oxygen atoms in total. The summed E-state index contributed by atoms with van der Waals surface area (Å²) in [5.74, 6) is 3.40. The Morgan fingerprint density at radius 2 is 0.800 bits per heavy atom. The van der Waals surface area contributed by atoms with Gasteiger partial charge < -0.3 is 18.6 Å². The second-order valence-electron chi connectivity index (χ2n) is 15.0. The number of aromatic nitrogens is 2. The molecule has 2 aromatic heterocycles. The molecule has 0 N–H and O–H groups in total. The van der Waals surface area contributed by atoms with Gasteiger partial charge in [-0.05, 0) is 120 Å². The summed E-state index contributed by atoms with van der Waals surface area (Å²) in [5, 5.41) is 4.97. The van der Waals surface area contributed by atoms with E-state index < -0.39 is 0 Å². The van der Waals surface area contributed by atoms with Crippen molar-refractivity contribution in [2.45, 2.75) is 13.8 Å². The molecular formula is C50H33BN2O2. The number of nitrogens with zero attached hydrogens (tertiary/aromatic N) is 2. The van der Waals surface area contributed by atoms with E-state index in [9.17, 15) is 0 Å². The first-order valence-corrected chi connectivity index (χ1v) is 19.0. The van der Waals surface area contributed by atoms with Crippen molar-refractivity contribution in [3.05, 3.63) is 175 Å². The lowest BCUT2D eigenvalue weighted by atomic mass is 9.34. The summed E-state index contributed by atoms with van der Waals surface area (Å²) >= 11 is 0. The number of benzene rings is 8. The van der Waals surface area contributed by atoms with Crippen LogP contribution in [0.15, 0.2) is 164 Å². The zero-order valence-electron chi connectivity index (χ0n) is 30.4. The third kappa shape index (κ3) is 4.29. The van der Waals surface area contributed by atoms with Crippen LogP contribution in [0.25, 0.3) is 66.1 Å². The highest BCUT2D eigenvalue weighted by Crippen LogP contribution is 2.42. The first kappa shape index (κ1) is 30.5. The SMILES string of the molecule is Cc1cccc(C)c1-c1cc2c3c(c1)Oc1ccc(-n4c5ccccc5c5ccccc54)cc1B3c1cc(-n3c4ccccc4c4ccccc43)ccc1O2. The fourth-order valence-electron chi connectivity index (χ4n) is 9.57. The Balaban J connectivity index is 1.12. The van der Waals surface area contributed by atoms with E-state index in [4.69, 9.17) is 9.47 Å². The van der Waals surface area contributed by atoms with Gasteiger partial charge in [-0.1, -0.05) is 91.0 Å². The normalized spacial score (nSPS) is 12.8. The van der Waals surface area contributed by atoms with Crippen LogP contribution in [-0.4, -0.2) is 15.8 Å². The Bertz CT molecular complexity index is 2950. The van der Waals surface area contributed by atoms with Gasteiger partial charge in [0.1, 0.15) is 23.0 Å². The Labute approximate surface area is 318 Å². The first-order chi connectivity index (χ1) is 27.1. The second kappa shape index (κ2) is 11.3.